The van der Waals surface area contributed by atoms with Gasteiger partial charge in [0, 0.05) is 22.7 Å². The Morgan fingerprint density at radius 3 is 2.83 bits per heavy atom. The van der Waals surface area contributed by atoms with Crippen LogP contribution in [0.1, 0.15) is 30.7 Å². The van der Waals surface area contributed by atoms with Crippen LogP contribution in [0.5, 0.6) is 0 Å². The highest BCUT2D eigenvalue weighted by Gasteiger charge is 2.22. The van der Waals surface area contributed by atoms with E-state index in [2.05, 4.69) is 33.2 Å². The standard InChI is InChI=1S/C15H15N3/c1-2-10(3-1)13-7-12(14-8-16-9-18-14)6-11-4-5-17-15(11)13/h4-10,17H,1-3H2,(H,16,18). The molecule has 2 heterocycles. The quantitative estimate of drug-likeness (QED) is 0.699. The molecule has 3 aromatic rings. The van der Waals surface area contributed by atoms with Gasteiger partial charge in [0.05, 0.1) is 18.2 Å². The highest BCUT2D eigenvalue weighted by atomic mass is 14.9. The number of rotatable bonds is 2. The van der Waals surface area contributed by atoms with Crippen molar-refractivity contribution in [2.45, 2.75) is 25.2 Å². The second-order valence-corrected chi connectivity index (χ2v) is 5.10. The molecule has 1 saturated carbocycles. The SMILES string of the molecule is c1ncc(-c2cc(C3CCC3)c3[nH]ccc3c2)[nH]1. The van der Waals surface area contributed by atoms with Crippen molar-refractivity contribution >= 4 is 10.9 Å². The van der Waals surface area contributed by atoms with E-state index in [0.717, 1.165) is 11.6 Å². The Hall–Kier alpha value is -2.03. The fourth-order valence-corrected chi connectivity index (χ4v) is 2.81. The molecule has 0 unspecified atom stereocenters. The molecule has 90 valence electrons. The van der Waals surface area contributed by atoms with Crippen LogP contribution in [0.15, 0.2) is 36.9 Å². The van der Waals surface area contributed by atoms with Crippen molar-refractivity contribution in [1.29, 1.82) is 0 Å². The van der Waals surface area contributed by atoms with Crippen LogP contribution in [0.25, 0.3) is 22.2 Å². The van der Waals surface area contributed by atoms with Gasteiger partial charge in [-0.1, -0.05) is 6.42 Å². The zero-order valence-corrected chi connectivity index (χ0v) is 10.1. The molecule has 0 radical (unpaired) electrons. The molecule has 4 rings (SSSR count). The topological polar surface area (TPSA) is 44.5 Å². The number of hydrogen-bond acceptors (Lipinski definition) is 1. The third-order valence-corrected chi connectivity index (χ3v) is 4.04. The molecule has 3 heteroatoms. The van der Waals surface area contributed by atoms with E-state index in [0.29, 0.717) is 0 Å². The molecule has 1 aliphatic carbocycles. The first-order valence-electron chi connectivity index (χ1n) is 6.51. The highest BCUT2D eigenvalue weighted by molar-refractivity contribution is 5.88. The predicted octanol–water partition coefficient (Wildman–Crippen LogP) is 3.83. The number of benzene rings is 1. The molecule has 1 fully saturated rings. The van der Waals surface area contributed by atoms with Gasteiger partial charge in [0.15, 0.2) is 0 Å². The van der Waals surface area contributed by atoms with Crippen LogP contribution < -0.4 is 0 Å². The molecule has 2 aromatic heterocycles. The van der Waals surface area contributed by atoms with E-state index in [4.69, 9.17) is 0 Å². The average molecular weight is 237 g/mol. The minimum atomic E-state index is 0.731. The van der Waals surface area contributed by atoms with Gasteiger partial charge in [-0.3, -0.25) is 0 Å². The Bertz CT molecular complexity index is 675. The second kappa shape index (κ2) is 3.73. The molecule has 0 spiro atoms. The van der Waals surface area contributed by atoms with Crippen molar-refractivity contribution in [3.05, 3.63) is 42.5 Å². The van der Waals surface area contributed by atoms with Crippen LogP contribution >= 0.6 is 0 Å². The van der Waals surface area contributed by atoms with Crippen LogP contribution in [0.2, 0.25) is 0 Å². The van der Waals surface area contributed by atoms with Crippen molar-refractivity contribution in [1.82, 2.24) is 15.0 Å². The van der Waals surface area contributed by atoms with E-state index in [1.165, 1.54) is 41.3 Å². The summed E-state index contributed by atoms with van der Waals surface area (Å²) in [6, 6.07) is 6.69. The molecule has 1 aliphatic rings. The van der Waals surface area contributed by atoms with Crippen molar-refractivity contribution in [2.75, 3.05) is 0 Å². The van der Waals surface area contributed by atoms with E-state index < -0.39 is 0 Å². The number of H-pyrrole nitrogens is 2. The van der Waals surface area contributed by atoms with Gasteiger partial charge in [0.25, 0.3) is 0 Å². The van der Waals surface area contributed by atoms with Crippen LogP contribution in [0.3, 0.4) is 0 Å². The van der Waals surface area contributed by atoms with Crippen LogP contribution in [0, 0.1) is 0 Å². The van der Waals surface area contributed by atoms with Crippen molar-refractivity contribution in [2.24, 2.45) is 0 Å². The normalized spacial score (nSPS) is 16.0. The molecule has 0 atom stereocenters. The molecule has 3 nitrogen and oxygen atoms in total. The number of nitrogens with one attached hydrogen (secondary N) is 2. The van der Waals surface area contributed by atoms with Crippen LogP contribution in [0.4, 0.5) is 0 Å². The third-order valence-electron chi connectivity index (χ3n) is 4.04. The Labute approximate surface area is 105 Å². The van der Waals surface area contributed by atoms with Crippen LogP contribution in [-0.2, 0) is 0 Å². The molecular formula is C15H15N3. The number of nitrogens with zero attached hydrogens (tertiary/aromatic N) is 1. The summed E-state index contributed by atoms with van der Waals surface area (Å²) in [4.78, 5) is 10.7. The highest BCUT2D eigenvalue weighted by Crippen LogP contribution is 2.40. The first-order valence-corrected chi connectivity index (χ1v) is 6.51. The van der Waals surface area contributed by atoms with E-state index in [1.54, 1.807) is 6.33 Å². The Morgan fingerprint density at radius 1 is 1.17 bits per heavy atom. The minimum absolute atomic E-state index is 0.731. The number of aromatic nitrogens is 3. The number of fused-ring (bicyclic) bond motifs is 1. The Balaban J connectivity index is 1.94. The fraction of sp³-hybridized carbons (Fsp3) is 0.267. The Kier molecular flexibility index (Phi) is 2.06. The van der Waals surface area contributed by atoms with Crippen LogP contribution in [-0.4, -0.2) is 15.0 Å². The van der Waals surface area contributed by atoms with E-state index >= 15 is 0 Å². The van der Waals surface area contributed by atoms with Gasteiger partial charge in [-0.2, -0.15) is 0 Å². The summed E-state index contributed by atoms with van der Waals surface area (Å²) >= 11 is 0. The molecule has 18 heavy (non-hydrogen) atoms. The van der Waals surface area contributed by atoms with Gasteiger partial charge in [-0.15, -0.1) is 0 Å². The van der Waals surface area contributed by atoms with E-state index in [1.807, 2.05) is 12.4 Å². The summed E-state index contributed by atoms with van der Waals surface area (Å²) in [5.41, 5.74) is 5.11. The molecule has 1 aromatic carbocycles. The maximum Gasteiger partial charge on any atom is 0.0924 e. The van der Waals surface area contributed by atoms with Gasteiger partial charge >= 0.3 is 0 Å². The predicted molar refractivity (Wildman–Crippen MR) is 72.5 cm³/mol. The summed E-state index contributed by atoms with van der Waals surface area (Å²) in [6.07, 6.45) is 9.66. The first-order chi connectivity index (χ1) is 8.92. The lowest BCUT2D eigenvalue weighted by atomic mass is 9.79. The van der Waals surface area contributed by atoms with Gasteiger partial charge in [-0.05, 0) is 42.5 Å². The second-order valence-electron chi connectivity index (χ2n) is 5.10. The summed E-state index contributed by atoms with van der Waals surface area (Å²) in [6.45, 7) is 0. The largest absolute Gasteiger partial charge is 0.361 e. The van der Waals surface area contributed by atoms with Gasteiger partial charge in [0.1, 0.15) is 0 Å². The minimum Gasteiger partial charge on any atom is -0.361 e. The first kappa shape index (κ1) is 9.95. The van der Waals surface area contributed by atoms with Gasteiger partial charge in [-0.25, -0.2) is 4.98 Å². The molecule has 0 saturated heterocycles. The zero-order valence-electron chi connectivity index (χ0n) is 10.1. The fourth-order valence-electron chi connectivity index (χ4n) is 2.81. The molecule has 0 bridgehead atoms. The smallest absolute Gasteiger partial charge is 0.0924 e. The van der Waals surface area contributed by atoms with E-state index in [-0.39, 0.29) is 0 Å². The lowest BCUT2D eigenvalue weighted by molar-refractivity contribution is 0.422. The van der Waals surface area contributed by atoms with Gasteiger partial charge < -0.3 is 9.97 Å². The maximum atomic E-state index is 4.11. The molecule has 0 amide bonds. The van der Waals surface area contributed by atoms with E-state index in [9.17, 15) is 0 Å². The number of hydrogen-bond donors (Lipinski definition) is 2. The van der Waals surface area contributed by atoms with Crippen molar-refractivity contribution < 1.29 is 0 Å². The average Bonchev–Trinajstić information content (AvgIpc) is 2.97. The van der Waals surface area contributed by atoms with Gasteiger partial charge in [0.2, 0.25) is 0 Å². The summed E-state index contributed by atoms with van der Waals surface area (Å²) in [5.74, 6) is 0.731. The lowest BCUT2D eigenvalue weighted by Gasteiger charge is -2.26. The lowest BCUT2D eigenvalue weighted by Crippen LogP contribution is -2.09. The van der Waals surface area contributed by atoms with Crippen molar-refractivity contribution in [3.8, 4) is 11.3 Å². The zero-order chi connectivity index (χ0) is 11.9. The monoisotopic (exact) mass is 237 g/mol. The summed E-state index contributed by atoms with van der Waals surface area (Å²) in [5, 5.41) is 1.30. The Morgan fingerprint density at radius 2 is 2.11 bits per heavy atom. The molecule has 0 aliphatic heterocycles. The summed E-state index contributed by atoms with van der Waals surface area (Å²) < 4.78 is 0. The maximum absolute atomic E-state index is 4.11. The number of aromatic amines is 2. The summed E-state index contributed by atoms with van der Waals surface area (Å²) in [7, 11) is 0. The molecular weight excluding hydrogens is 222 g/mol. The third kappa shape index (κ3) is 1.40. The molecule has 2 N–H and O–H groups in total. The van der Waals surface area contributed by atoms with Crippen molar-refractivity contribution in [3.63, 3.8) is 0 Å². The number of imidazole rings is 1.